The molecule has 1 atom stereocenters. The van der Waals surface area contributed by atoms with Crippen LogP contribution in [0.4, 0.5) is 10.5 Å². The summed E-state index contributed by atoms with van der Waals surface area (Å²) in [7, 11) is -1.46. The first kappa shape index (κ1) is 17.3. The SMILES string of the molecule is CCOC(=O)c1ccc(NC(=O)N(C)C2CCS(=O)(=O)C2)cc1. The summed E-state index contributed by atoms with van der Waals surface area (Å²) in [6.45, 7) is 2.03. The zero-order valence-corrected chi connectivity index (χ0v) is 13.9. The minimum Gasteiger partial charge on any atom is -0.462 e. The molecule has 0 radical (unpaired) electrons. The molecule has 23 heavy (non-hydrogen) atoms. The number of carbonyl (C=O) groups is 2. The molecule has 1 aliphatic heterocycles. The number of carbonyl (C=O) groups excluding carboxylic acids is 2. The molecular weight excluding hydrogens is 320 g/mol. The zero-order valence-electron chi connectivity index (χ0n) is 13.1. The Morgan fingerprint density at radius 3 is 2.48 bits per heavy atom. The highest BCUT2D eigenvalue weighted by atomic mass is 32.2. The maximum Gasteiger partial charge on any atom is 0.338 e. The van der Waals surface area contributed by atoms with Crippen LogP contribution in [0.2, 0.25) is 0 Å². The van der Waals surface area contributed by atoms with E-state index >= 15 is 0 Å². The van der Waals surface area contributed by atoms with Crippen LogP contribution in [0.1, 0.15) is 23.7 Å². The predicted octanol–water partition coefficient (Wildman–Crippen LogP) is 1.51. The van der Waals surface area contributed by atoms with E-state index in [9.17, 15) is 18.0 Å². The Labute approximate surface area is 135 Å². The van der Waals surface area contributed by atoms with Crippen molar-refractivity contribution < 1.29 is 22.7 Å². The summed E-state index contributed by atoms with van der Waals surface area (Å²) in [6.07, 6.45) is 0.452. The minimum absolute atomic E-state index is 0.00127. The van der Waals surface area contributed by atoms with Crippen LogP contribution in [0, 0.1) is 0 Å². The summed E-state index contributed by atoms with van der Waals surface area (Å²) in [5, 5.41) is 2.68. The molecule has 1 N–H and O–H groups in total. The molecule has 2 rings (SSSR count). The van der Waals surface area contributed by atoms with E-state index < -0.39 is 15.8 Å². The number of sulfone groups is 1. The van der Waals surface area contributed by atoms with Crippen molar-refractivity contribution >= 4 is 27.5 Å². The van der Waals surface area contributed by atoms with Crippen LogP contribution in [0.15, 0.2) is 24.3 Å². The summed E-state index contributed by atoms with van der Waals surface area (Å²) in [4.78, 5) is 25.1. The van der Waals surface area contributed by atoms with Gasteiger partial charge in [-0.3, -0.25) is 0 Å². The fraction of sp³-hybridized carbons (Fsp3) is 0.467. The molecule has 1 aliphatic rings. The topological polar surface area (TPSA) is 92.8 Å². The average molecular weight is 340 g/mol. The molecule has 0 aromatic heterocycles. The molecule has 1 heterocycles. The van der Waals surface area contributed by atoms with Gasteiger partial charge in [0.05, 0.1) is 23.7 Å². The van der Waals surface area contributed by atoms with Crippen molar-refractivity contribution in [3.63, 3.8) is 0 Å². The third kappa shape index (κ3) is 4.44. The van der Waals surface area contributed by atoms with E-state index in [1.54, 1.807) is 38.2 Å². The average Bonchev–Trinajstić information content (AvgIpc) is 2.87. The molecule has 0 spiro atoms. The van der Waals surface area contributed by atoms with Crippen LogP contribution < -0.4 is 5.32 Å². The van der Waals surface area contributed by atoms with Crippen LogP contribution >= 0.6 is 0 Å². The molecule has 0 bridgehead atoms. The number of ether oxygens (including phenoxy) is 1. The highest BCUT2D eigenvalue weighted by Gasteiger charge is 2.32. The second-order valence-corrected chi connectivity index (χ2v) is 7.62. The van der Waals surface area contributed by atoms with Gasteiger partial charge in [0.15, 0.2) is 9.84 Å². The van der Waals surface area contributed by atoms with Crippen LogP contribution in [0.3, 0.4) is 0 Å². The van der Waals surface area contributed by atoms with Crippen molar-refractivity contribution in [2.75, 3.05) is 30.5 Å². The van der Waals surface area contributed by atoms with E-state index in [1.807, 2.05) is 0 Å². The van der Waals surface area contributed by atoms with Gasteiger partial charge in [-0.2, -0.15) is 0 Å². The molecule has 1 unspecified atom stereocenters. The second kappa shape index (κ2) is 6.99. The van der Waals surface area contributed by atoms with Crippen molar-refractivity contribution in [2.45, 2.75) is 19.4 Å². The van der Waals surface area contributed by atoms with Crippen LogP contribution in [-0.2, 0) is 14.6 Å². The highest BCUT2D eigenvalue weighted by Crippen LogP contribution is 2.18. The summed E-state index contributed by atoms with van der Waals surface area (Å²) in [6, 6.07) is 5.64. The lowest BCUT2D eigenvalue weighted by Crippen LogP contribution is -2.40. The monoisotopic (exact) mass is 340 g/mol. The van der Waals surface area contributed by atoms with Crippen molar-refractivity contribution in [1.82, 2.24) is 4.90 Å². The lowest BCUT2D eigenvalue weighted by atomic mass is 10.2. The minimum atomic E-state index is -3.04. The van der Waals surface area contributed by atoms with Gasteiger partial charge in [0.1, 0.15) is 0 Å². The van der Waals surface area contributed by atoms with Gasteiger partial charge >= 0.3 is 12.0 Å². The third-order valence-electron chi connectivity index (χ3n) is 3.72. The van der Waals surface area contributed by atoms with E-state index in [0.29, 0.717) is 24.3 Å². The Morgan fingerprint density at radius 1 is 1.30 bits per heavy atom. The van der Waals surface area contributed by atoms with Crippen molar-refractivity contribution in [1.29, 1.82) is 0 Å². The van der Waals surface area contributed by atoms with Gasteiger partial charge in [-0.05, 0) is 37.6 Å². The van der Waals surface area contributed by atoms with Gasteiger partial charge in [-0.25, -0.2) is 18.0 Å². The van der Waals surface area contributed by atoms with Crippen molar-refractivity contribution in [2.24, 2.45) is 0 Å². The Morgan fingerprint density at radius 2 is 1.96 bits per heavy atom. The van der Waals surface area contributed by atoms with E-state index in [2.05, 4.69) is 5.32 Å². The van der Waals surface area contributed by atoms with E-state index in [0.717, 1.165) is 0 Å². The van der Waals surface area contributed by atoms with Gasteiger partial charge in [-0.1, -0.05) is 0 Å². The molecule has 0 aliphatic carbocycles. The number of rotatable bonds is 4. The maximum atomic E-state index is 12.2. The smallest absolute Gasteiger partial charge is 0.338 e. The molecule has 1 aromatic carbocycles. The van der Waals surface area contributed by atoms with Crippen LogP contribution in [0.5, 0.6) is 0 Å². The van der Waals surface area contributed by atoms with E-state index in [1.165, 1.54) is 4.90 Å². The normalized spacial score (nSPS) is 19.1. The quantitative estimate of drug-likeness (QED) is 0.839. The van der Waals surface area contributed by atoms with E-state index in [-0.39, 0.29) is 23.6 Å². The molecule has 7 nitrogen and oxygen atoms in total. The second-order valence-electron chi connectivity index (χ2n) is 5.40. The summed E-state index contributed by atoms with van der Waals surface area (Å²) in [5.74, 6) is -0.305. The first-order valence-electron chi connectivity index (χ1n) is 7.34. The molecular formula is C15H20N2O5S. The number of benzene rings is 1. The van der Waals surface area contributed by atoms with E-state index in [4.69, 9.17) is 4.74 Å². The first-order chi connectivity index (χ1) is 10.8. The Kier molecular flexibility index (Phi) is 5.25. The maximum absolute atomic E-state index is 12.2. The zero-order chi connectivity index (χ0) is 17.0. The Bertz CT molecular complexity index is 684. The molecule has 1 saturated heterocycles. The molecule has 0 saturated carbocycles. The third-order valence-corrected chi connectivity index (χ3v) is 5.47. The number of urea groups is 1. The molecule has 126 valence electrons. The lowest BCUT2D eigenvalue weighted by Gasteiger charge is -2.23. The van der Waals surface area contributed by atoms with Gasteiger partial charge in [0, 0.05) is 18.8 Å². The molecule has 2 amide bonds. The summed E-state index contributed by atoms with van der Waals surface area (Å²) < 4.78 is 27.8. The number of esters is 1. The fourth-order valence-electron chi connectivity index (χ4n) is 2.36. The van der Waals surface area contributed by atoms with Crippen molar-refractivity contribution in [3.8, 4) is 0 Å². The Hall–Kier alpha value is -2.09. The van der Waals surface area contributed by atoms with Crippen LogP contribution in [-0.4, -0.2) is 56.5 Å². The standard InChI is InChI=1S/C15H20N2O5S/c1-3-22-14(18)11-4-6-12(7-5-11)16-15(19)17(2)13-8-9-23(20,21)10-13/h4-7,13H,3,8-10H2,1-2H3,(H,16,19). The molecule has 1 aromatic rings. The number of hydrogen-bond acceptors (Lipinski definition) is 5. The Balaban J connectivity index is 1.96. The van der Waals surface area contributed by atoms with Gasteiger partial charge in [0.25, 0.3) is 0 Å². The summed E-state index contributed by atoms with van der Waals surface area (Å²) in [5.41, 5.74) is 0.927. The predicted molar refractivity (Wildman–Crippen MR) is 86.2 cm³/mol. The number of amides is 2. The molecule has 8 heteroatoms. The molecule has 1 fully saturated rings. The fourth-order valence-corrected chi connectivity index (χ4v) is 4.14. The number of hydrogen-bond donors (Lipinski definition) is 1. The number of nitrogens with zero attached hydrogens (tertiary/aromatic N) is 1. The summed E-state index contributed by atoms with van der Waals surface area (Å²) >= 11 is 0. The number of anilines is 1. The van der Waals surface area contributed by atoms with Crippen molar-refractivity contribution in [3.05, 3.63) is 29.8 Å². The largest absolute Gasteiger partial charge is 0.462 e. The highest BCUT2D eigenvalue weighted by molar-refractivity contribution is 7.91. The van der Waals surface area contributed by atoms with Gasteiger partial charge < -0.3 is 15.0 Å². The number of nitrogens with one attached hydrogen (secondary N) is 1. The van der Waals surface area contributed by atoms with Gasteiger partial charge in [0.2, 0.25) is 0 Å². The van der Waals surface area contributed by atoms with Gasteiger partial charge in [-0.15, -0.1) is 0 Å². The lowest BCUT2D eigenvalue weighted by molar-refractivity contribution is 0.0526. The van der Waals surface area contributed by atoms with Crippen LogP contribution in [0.25, 0.3) is 0 Å². The first-order valence-corrected chi connectivity index (χ1v) is 9.16.